The van der Waals surface area contributed by atoms with Gasteiger partial charge in [0.2, 0.25) is 0 Å². The number of rotatable bonds is 1. The molecule has 0 aliphatic carbocycles. The first-order valence-electron chi connectivity index (χ1n) is 2.89. The van der Waals surface area contributed by atoms with Gasteiger partial charge in [-0.3, -0.25) is 0 Å². The van der Waals surface area contributed by atoms with E-state index >= 15 is 0 Å². The van der Waals surface area contributed by atoms with E-state index in [0.717, 1.165) is 13.0 Å². The number of hydrogen-bond acceptors (Lipinski definition) is 3. The van der Waals surface area contributed by atoms with Crippen molar-refractivity contribution in [2.75, 3.05) is 13.2 Å². The van der Waals surface area contributed by atoms with Crippen LogP contribution >= 0.6 is 0 Å². The van der Waals surface area contributed by atoms with Gasteiger partial charge in [-0.15, -0.1) is 0 Å². The highest BCUT2D eigenvalue weighted by Gasteiger charge is 2.19. The molecule has 0 aromatic carbocycles. The maximum absolute atomic E-state index is 8.20. The minimum Gasteiger partial charge on any atom is -0.409 e. The molecule has 52 valence electrons. The Kier molecular flexibility index (Phi) is 1.89. The van der Waals surface area contributed by atoms with Crippen LogP contribution in [-0.2, 0) is 4.74 Å². The van der Waals surface area contributed by atoms with Gasteiger partial charge in [-0.2, -0.15) is 0 Å². The smallest absolute Gasteiger partial charge is 0.144 e. The summed E-state index contributed by atoms with van der Waals surface area (Å²) >= 11 is 0. The Morgan fingerprint density at radius 3 is 3.00 bits per heavy atom. The molecular weight excluding hydrogens is 120 g/mol. The van der Waals surface area contributed by atoms with Crippen molar-refractivity contribution in [2.45, 2.75) is 6.42 Å². The molecule has 0 aromatic heterocycles. The average Bonchev–Trinajstić information content (AvgIpc) is 2.37. The molecule has 3 N–H and O–H groups in total. The molecule has 0 amide bonds. The highest BCUT2D eigenvalue weighted by atomic mass is 16.5. The number of amidine groups is 1. The van der Waals surface area contributed by atoms with Gasteiger partial charge >= 0.3 is 0 Å². The van der Waals surface area contributed by atoms with Crippen LogP contribution in [-0.4, -0.2) is 24.3 Å². The van der Waals surface area contributed by atoms with Crippen molar-refractivity contribution in [2.24, 2.45) is 16.8 Å². The summed E-state index contributed by atoms with van der Waals surface area (Å²) < 4.78 is 5.01. The summed E-state index contributed by atoms with van der Waals surface area (Å²) in [4.78, 5) is 0. The lowest BCUT2D eigenvalue weighted by atomic mass is 10.1. The Morgan fingerprint density at radius 1 is 1.78 bits per heavy atom. The molecule has 1 aliphatic rings. The molecule has 1 atom stereocenters. The molecule has 0 spiro atoms. The number of ether oxygens (including phenoxy) is 1. The number of hydrogen-bond donors (Lipinski definition) is 2. The molecular formula is C5H10N2O2. The quantitative estimate of drug-likeness (QED) is 0.223. The molecule has 1 rings (SSSR count). The van der Waals surface area contributed by atoms with Gasteiger partial charge in [-0.05, 0) is 6.42 Å². The molecule has 0 bridgehead atoms. The molecule has 4 nitrogen and oxygen atoms in total. The Hall–Kier alpha value is -0.770. The summed E-state index contributed by atoms with van der Waals surface area (Å²) in [6, 6.07) is 0. The van der Waals surface area contributed by atoms with Crippen LogP contribution in [0.5, 0.6) is 0 Å². The number of nitrogens with zero attached hydrogens (tertiary/aromatic N) is 1. The summed E-state index contributed by atoms with van der Waals surface area (Å²) in [7, 11) is 0. The van der Waals surface area contributed by atoms with Crippen molar-refractivity contribution in [3.05, 3.63) is 0 Å². The zero-order valence-corrected chi connectivity index (χ0v) is 5.08. The van der Waals surface area contributed by atoms with E-state index < -0.39 is 0 Å². The third kappa shape index (κ3) is 1.32. The lowest BCUT2D eigenvalue weighted by Gasteiger charge is -2.01. The first kappa shape index (κ1) is 6.35. The van der Waals surface area contributed by atoms with Crippen molar-refractivity contribution in [1.29, 1.82) is 0 Å². The van der Waals surface area contributed by atoms with Gasteiger partial charge in [-0.25, -0.2) is 0 Å². The maximum atomic E-state index is 8.20. The monoisotopic (exact) mass is 130 g/mol. The van der Waals surface area contributed by atoms with Crippen LogP contribution in [0.4, 0.5) is 0 Å². The molecule has 4 heteroatoms. The Labute approximate surface area is 53.3 Å². The van der Waals surface area contributed by atoms with E-state index in [-0.39, 0.29) is 11.8 Å². The highest BCUT2D eigenvalue weighted by molar-refractivity contribution is 5.82. The van der Waals surface area contributed by atoms with Crippen LogP contribution in [0.25, 0.3) is 0 Å². The van der Waals surface area contributed by atoms with Crippen molar-refractivity contribution in [3.8, 4) is 0 Å². The zero-order valence-electron chi connectivity index (χ0n) is 5.08. The van der Waals surface area contributed by atoms with Crippen molar-refractivity contribution in [3.63, 3.8) is 0 Å². The second-order valence-corrected chi connectivity index (χ2v) is 2.09. The maximum Gasteiger partial charge on any atom is 0.144 e. The summed E-state index contributed by atoms with van der Waals surface area (Å²) in [5.74, 6) is 0.419. The second-order valence-electron chi connectivity index (χ2n) is 2.09. The second kappa shape index (κ2) is 2.68. The number of nitrogens with two attached hydrogens (primary N) is 1. The van der Waals surface area contributed by atoms with Crippen LogP contribution < -0.4 is 5.73 Å². The molecule has 0 unspecified atom stereocenters. The van der Waals surface area contributed by atoms with Gasteiger partial charge < -0.3 is 15.7 Å². The first-order valence-corrected chi connectivity index (χ1v) is 2.89. The SMILES string of the molecule is NC(=NO)[C@@H]1CCOC1. The summed E-state index contributed by atoms with van der Waals surface area (Å²) in [5.41, 5.74) is 5.30. The zero-order chi connectivity index (χ0) is 6.69. The molecule has 0 saturated carbocycles. The van der Waals surface area contributed by atoms with Gasteiger partial charge in [0.1, 0.15) is 5.84 Å². The van der Waals surface area contributed by atoms with E-state index in [9.17, 15) is 0 Å². The first-order chi connectivity index (χ1) is 4.34. The predicted molar refractivity (Wildman–Crippen MR) is 32.3 cm³/mol. The lowest BCUT2D eigenvalue weighted by molar-refractivity contribution is 0.192. The largest absolute Gasteiger partial charge is 0.409 e. The summed E-state index contributed by atoms with van der Waals surface area (Å²) in [6.45, 7) is 1.32. The normalized spacial score (nSPS) is 28.9. The predicted octanol–water partition coefficient (Wildman–Crippen LogP) is -0.231. The lowest BCUT2D eigenvalue weighted by Crippen LogP contribution is -2.23. The highest BCUT2D eigenvalue weighted by Crippen LogP contribution is 2.11. The number of oxime groups is 1. The van der Waals surface area contributed by atoms with E-state index in [0.29, 0.717) is 6.61 Å². The van der Waals surface area contributed by atoms with E-state index in [1.54, 1.807) is 0 Å². The Bertz CT molecular complexity index is 118. The van der Waals surface area contributed by atoms with Crippen molar-refractivity contribution < 1.29 is 9.94 Å². The van der Waals surface area contributed by atoms with Gasteiger partial charge in [-0.1, -0.05) is 5.16 Å². The molecule has 9 heavy (non-hydrogen) atoms. The molecule has 1 heterocycles. The van der Waals surface area contributed by atoms with E-state index in [4.69, 9.17) is 15.7 Å². The van der Waals surface area contributed by atoms with Gasteiger partial charge in [0, 0.05) is 12.5 Å². The van der Waals surface area contributed by atoms with Crippen LogP contribution in [0.3, 0.4) is 0 Å². The molecule has 1 saturated heterocycles. The third-order valence-corrected chi connectivity index (χ3v) is 1.46. The van der Waals surface area contributed by atoms with Gasteiger partial charge in [0.15, 0.2) is 0 Å². The molecule has 1 fully saturated rings. The fraction of sp³-hybridized carbons (Fsp3) is 0.800. The molecule has 1 aliphatic heterocycles. The standard InChI is InChI=1S/C5H10N2O2/c6-5(7-8)4-1-2-9-3-4/h4,8H,1-3H2,(H2,6,7)/t4-/m1/s1. The van der Waals surface area contributed by atoms with Gasteiger partial charge in [0.25, 0.3) is 0 Å². The van der Waals surface area contributed by atoms with Crippen molar-refractivity contribution in [1.82, 2.24) is 0 Å². The molecule has 0 radical (unpaired) electrons. The van der Waals surface area contributed by atoms with Crippen LogP contribution in [0.15, 0.2) is 5.16 Å². The summed E-state index contributed by atoms with van der Waals surface area (Å²) in [5, 5.41) is 11.1. The fourth-order valence-corrected chi connectivity index (χ4v) is 0.849. The van der Waals surface area contributed by atoms with E-state index in [1.807, 2.05) is 0 Å². The van der Waals surface area contributed by atoms with E-state index in [1.165, 1.54) is 0 Å². The van der Waals surface area contributed by atoms with E-state index in [2.05, 4.69) is 5.16 Å². The van der Waals surface area contributed by atoms with Crippen LogP contribution in [0.2, 0.25) is 0 Å². The van der Waals surface area contributed by atoms with Crippen molar-refractivity contribution >= 4 is 5.84 Å². The minimum absolute atomic E-state index is 0.134. The molecule has 0 aromatic rings. The van der Waals surface area contributed by atoms with Gasteiger partial charge in [0.05, 0.1) is 6.61 Å². The third-order valence-electron chi connectivity index (χ3n) is 1.46. The topological polar surface area (TPSA) is 67.8 Å². The average molecular weight is 130 g/mol. The van der Waals surface area contributed by atoms with Crippen LogP contribution in [0.1, 0.15) is 6.42 Å². The summed E-state index contributed by atoms with van der Waals surface area (Å²) in [6.07, 6.45) is 0.871. The Morgan fingerprint density at radius 2 is 2.56 bits per heavy atom. The Balaban J connectivity index is 2.42. The van der Waals surface area contributed by atoms with Crippen LogP contribution in [0, 0.1) is 5.92 Å². The minimum atomic E-state index is 0.134. The fourth-order valence-electron chi connectivity index (χ4n) is 0.849.